The zero-order valence-electron chi connectivity index (χ0n) is 3.36. The summed E-state index contributed by atoms with van der Waals surface area (Å²) < 4.78 is 0. The highest BCUT2D eigenvalue weighted by Crippen LogP contribution is 2.23. The van der Waals surface area contributed by atoms with Crippen LogP contribution in [0.2, 0.25) is 0 Å². The lowest BCUT2D eigenvalue weighted by Crippen LogP contribution is -2.11. The van der Waals surface area contributed by atoms with Gasteiger partial charge in [0.1, 0.15) is 9.98 Å². The quantitative estimate of drug-likeness (QED) is 0.165. The smallest absolute Gasteiger partial charge is 0.199 e. The van der Waals surface area contributed by atoms with Crippen molar-refractivity contribution in [2.75, 3.05) is 0 Å². The van der Waals surface area contributed by atoms with Gasteiger partial charge < -0.3 is 5.21 Å². The maximum absolute atomic E-state index is 10.0. The van der Waals surface area contributed by atoms with E-state index >= 15 is 0 Å². The molecule has 1 saturated heterocycles. The molecule has 0 N–H and O–H groups in total. The molecule has 0 aliphatic carbocycles. The Morgan fingerprint density at radius 3 is 2.43 bits per heavy atom. The van der Waals surface area contributed by atoms with Crippen LogP contribution < -0.4 is 0 Å². The first-order chi connectivity index (χ1) is 3.27. The van der Waals surface area contributed by atoms with Gasteiger partial charge in [-0.2, -0.15) is 0 Å². The highest BCUT2D eigenvalue weighted by atomic mass is 17.8. The highest BCUT2D eigenvalue weighted by molar-refractivity contribution is 4.41. The summed E-state index contributed by atoms with van der Waals surface area (Å²) in [7, 11) is 0. The summed E-state index contributed by atoms with van der Waals surface area (Å²) in [6.45, 7) is 3.09. The molecule has 0 bridgehead atoms. The Morgan fingerprint density at radius 2 is 2.29 bits per heavy atom. The molecule has 0 saturated carbocycles. The summed E-state index contributed by atoms with van der Waals surface area (Å²) in [6.07, 6.45) is 0.931. The van der Waals surface area contributed by atoms with Crippen molar-refractivity contribution in [3.8, 4) is 0 Å². The van der Waals surface area contributed by atoms with Gasteiger partial charge in [0, 0.05) is 0 Å². The normalized spacial score (nSPS) is 23.6. The Morgan fingerprint density at radius 1 is 1.71 bits per heavy atom. The van der Waals surface area contributed by atoms with Crippen molar-refractivity contribution < 1.29 is 20.0 Å². The van der Waals surface area contributed by atoms with E-state index in [2.05, 4.69) is 21.4 Å². The SMILES string of the molecule is C=CO[N+]1([O-])OO1. The predicted molar refractivity (Wildman–Crippen MR) is 17.1 cm³/mol. The third-order valence-electron chi connectivity index (χ3n) is 0.400. The van der Waals surface area contributed by atoms with Crippen molar-refractivity contribution in [2.45, 2.75) is 0 Å². The molecule has 0 atom stereocenters. The average molecular weight is 105 g/mol. The van der Waals surface area contributed by atoms with E-state index in [0.29, 0.717) is 0 Å². The monoisotopic (exact) mass is 105 g/mol. The van der Waals surface area contributed by atoms with E-state index in [4.69, 9.17) is 0 Å². The molecular weight excluding hydrogens is 102 g/mol. The molecule has 1 rings (SSSR count). The number of rotatable bonds is 2. The number of hydrogen-bond donors (Lipinski definition) is 0. The minimum absolute atomic E-state index is 0.931. The molecular formula is C2H3NO4. The van der Waals surface area contributed by atoms with Crippen molar-refractivity contribution in [3.05, 3.63) is 18.0 Å². The van der Waals surface area contributed by atoms with E-state index in [9.17, 15) is 5.21 Å². The third-order valence-corrected chi connectivity index (χ3v) is 0.400. The van der Waals surface area contributed by atoms with Crippen LogP contribution in [0.1, 0.15) is 0 Å². The highest BCUT2D eigenvalue weighted by Gasteiger charge is 2.47. The van der Waals surface area contributed by atoms with Crippen LogP contribution in [-0.2, 0) is 14.8 Å². The van der Waals surface area contributed by atoms with Crippen LogP contribution in [-0.4, -0.2) is 5.14 Å². The summed E-state index contributed by atoms with van der Waals surface area (Å²) in [5, 5.41) is 8.49. The fourth-order valence-electron chi connectivity index (χ4n) is 0.154. The molecule has 0 aromatic heterocycles. The molecule has 1 aliphatic rings. The summed E-state index contributed by atoms with van der Waals surface area (Å²) >= 11 is 0. The lowest BCUT2D eigenvalue weighted by Gasteiger charge is -1.97. The van der Waals surface area contributed by atoms with Gasteiger partial charge in [-0.25, -0.2) is 4.84 Å². The molecule has 0 aromatic rings. The molecule has 5 heteroatoms. The molecule has 0 spiro atoms. The van der Waals surface area contributed by atoms with Gasteiger partial charge in [0.25, 0.3) is 0 Å². The number of quaternary nitrogens is 1. The van der Waals surface area contributed by atoms with Gasteiger partial charge >= 0.3 is 0 Å². The van der Waals surface area contributed by atoms with Crippen LogP contribution in [0.25, 0.3) is 0 Å². The van der Waals surface area contributed by atoms with Gasteiger partial charge in [-0.3, -0.25) is 0 Å². The zero-order chi connectivity index (χ0) is 5.33. The Balaban J connectivity index is 2.25. The summed E-state index contributed by atoms with van der Waals surface area (Å²) in [6, 6.07) is 0. The van der Waals surface area contributed by atoms with E-state index < -0.39 is 5.14 Å². The predicted octanol–water partition coefficient (Wildman–Crippen LogP) is 0.168. The summed E-state index contributed by atoms with van der Waals surface area (Å²) in [5.41, 5.74) is 0. The van der Waals surface area contributed by atoms with Crippen molar-refractivity contribution in [2.24, 2.45) is 0 Å². The number of hydrogen-bond acceptors (Lipinski definition) is 4. The Labute approximate surface area is 39.3 Å². The molecule has 7 heavy (non-hydrogen) atoms. The second-order valence-electron chi connectivity index (χ2n) is 0.868. The van der Waals surface area contributed by atoms with E-state index in [1.165, 1.54) is 0 Å². The van der Waals surface area contributed by atoms with E-state index in [0.717, 1.165) is 6.26 Å². The standard InChI is InChI=1S/C2H3NO4/c1-2-5-3(4)6-7-3/h2H,1H2. The topological polar surface area (TPSA) is 57.4 Å². The zero-order valence-corrected chi connectivity index (χ0v) is 3.36. The Hall–Kier alpha value is -0.620. The van der Waals surface area contributed by atoms with Crippen molar-refractivity contribution in [1.29, 1.82) is 0 Å². The fourth-order valence-corrected chi connectivity index (χ4v) is 0.154. The summed E-state index contributed by atoms with van der Waals surface area (Å²) in [4.78, 5) is 11.5. The molecule has 0 aromatic carbocycles. The second kappa shape index (κ2) is 1.17. The maximum Gasteiger partial charge on any atom is 0.199 e. The van der Waals surface area contributed by atoms with Crippen LogP contribution in [0, 0.1) is 5.21 Å². The van der Waals surface area contributed by atoms with Crippen LogP contribution in [0.15, 0.2) is 12.8 Å². The van der Waals surface area contributed by atoms with Crippen LogP contribution in [0.3, 0.4) is 0 Å². The van der Waals surface area contributed by atoms with Gasteiger partial charge in [-0.15, -0.1) is 0 Å². The molecule has 40 valence electrons. The molecule has 1 heterocycles. The van der Waals surface area contributed by atoms with Gasteiger partial charge in [0.15, 0.2) is 11.4 Å². The molecule has 1 fully saturated rings. The van der Waals surface area contributed by atoms with Gasteiger partial charge in [-0.1, -0.05) is 6.58 Å². The van der Waals surface area contributed by atoms with Gasteiger partial charge in [0.05, 0.1) is 0 Å². The van der Waals surface area contributed by atoms with Crippen LogP contribution in [0.5, 0.6) is 0 Å². The van der Waals surface area contributed by atoms with E-state index in [1.54, 1.807) is 0 Å². The number of nitrogens with zero attached hydrogens (tertiary/aromatic N) is 1. The van der Waals surface area contributed by atoms with Crippen LogP contribution >= 0.6 is 0 Å². The second-order valence-corrected chi connectivity index (χ2v) is 0.868. The first-order valence-electron chi connectivity index (χ1n) is 1.54. The fraction of sp³-hybridized carbons (Fsp3) is 0. The molecule has 5 nitrogen and oxygen atoms in total. The summed E-state index contributed by atoms with van der Waals surface area (Å²) in [5.74, 6) is 0. The van der Waals surface area contributed by atoms with E-state index in [-0.39, 0.29) is 0 Å². The van der Waals surface area contributed by atoms with Crippen LogP contribution in [0.4, 0.5) is 0 Å². The van der Waals surface area contributed by atoms with Gasteiger partial charge in [-0.05, 0) is 0 Å². The largest absolute Gasteiger partial charge is 0.513 e. The van der Waals surface area contributed by atoms with Crippen molar-refractivity contribution >= 4 is 0 Å². The Kier molecular flexibility index (Phi) is 0.760. The lowest BCUT2D eigenvalue weighted by atomic mass is 11.2. The van der Waals surface area contributed by atoms with E-state index in [1.807, 2.05) is 0 Å². The van der Waals surface area contributed by atoms with Crippen molar-refractivity contribution in [3.63, 3.8) is 0 Å². The first-order valence-corrected chi connectivity index (χ1v) is 1.54. The minimum Gasteiger partial charge on any atom is -0.513 e. The Bertz CT molecular complexity index is 87.7. The molecule has 0 unspecified atom stereocenters. The molecule has 1 aliphatic heterocycles. The molecule has 0 radical (unpaired) electrons. The first kappa shape index (κ1) is 4.54. The third kappa shape index (κ3) is 0.875. The minimum atomic E-state index is -1.52. The van der Waals surface area contributed by atoms with Gasteiger partial charge in [0.2, 0.25) is 0 Å². The van der Waals surface area contributed by atoms with Crippen molar-refractivity contribution in [1.82, 2.24) is 0 Å². The molecule has 0 amide bonds. The average Bonchev–Trinajstić information content (AvgIpc) is 2.22. The maximum atomic E-state index is 10.0. The lowest BCUT2D eigenvalue weighted by molar-refractivity contribution is -1.10.